The molecule has 0 spiro atoms. The van der Waals surface area contributed by atoms with Gasteiger partial charge in [-0.1, -0.05) is 44.2 Å². The van der Waals surface area contributed by atoms with Crippen LogP contribution in [0.4, 0.5) is 0 Å². The van der Waals surface area contributed by atoms with Gasteiger partial charge in [-0.3, -0.25) is 9.59 Å². The smallest absolute Gasteiger partial charge is 0.305 e. The number of rotatable bonds is 7. The Hall–Kier alpha value is -1.64. The number of carbonyl (C=O) groups is 2. The number of hydrogen-bond acceptors (Lipinski definition) is 3. The van der Waals surface area contributed by atoms with Gasteiger partial charge in [0.1, 0.15) is 12.4 Å². The maximum atomic E-state index is 11.9. The van der Waals surface area contributed by atoms with Gasteiger partial charge in [0.2, 0.25) is 0 Å². The highest BCUT2D eigenvalue weighted by molar-refractivity contribution is 5.86. The quantitative estimate of drug-likeness (QED) is 0.696. The number of ketones is 1. The van der Waals surface area contributed by atoms with Crippen molar-refractivity contribution in [1.29, 1.82) is 0 Å². The predicted molar refractivity (Wildman–Crippen MR) is 70.3 cm³/mol. The van der Waals surface area contributed by atoms with Crippen molar-refractivity contribution in [3.63, 3.8) is 0 Å². The van der Waals surface area contributed by atoms with Gasteiger partial charge in [0.05, 0.1) is 5.92 Å². The third kappa shape index (κ3) is 4.32. The zero-order valence-electron chi connectivity index (χ0n) is 11.0. The van der Waals surface area contributed by atoms with Crippen LogP contribution in [0.3, 0.4) is 0 Å². The van der Waals surface area contributed by atoms with E-state index >= 15 is 0 Å². The lowest BCUT2D eigenvalue weighted by atomic mass is 9.94. The number of esters is 1. The van der Waals surface area contributed by atoms with Crippen LogP contribution in [-0.4, -0.2) is 18.4 Å². The highest BCUT2D eigenvalue weighted by Gasteiger charge is 2.20. The lowest BCUT2D eigenvalue weighted by Gasteiger charge is -2.15. The van der Waals surface area contributed by atoms with Gasteiger partial charge in [0, 0.05) is 12.8 Å². The number of Topliss-reactive ketones (excluding diaryl/α,β-unsaturated/α-hetero) is 1. The van der Waals surface area contributed by atoms with Crippen LogP contribution < -0.4 is 0 Å². The Bertz CT molecular complexity index is 384. The minimum absolute atomic E-state index is 0.102. The normalized spacial score (nSPS) is 11.9. The third-order valence-electron chi connectivity index (χ3n) is 2.80. The first-order valence-electron chi connectivity index (χ1n) is 6.42. The Morgan fingerprint density at radius 3 is 2.39 bits per heavy atom. The molecular weight excluding hydrogens is 228 g/mol. The fourth-order valence-corrected chi connectivity index (χ4v) is 1.76. The van der Waals surface area contributed by atoms with E-state index in [0.717, 1.165) is 12.0 Å². The second-order valence-electron chi connectivity index (χ2n) is 4.22. The molecule has 0 aromatic heterocycles. The highest BCUT2D eigenvalue weighted by atomic mass is 16.5. The molecule has 0 heterocycles. The molecule has 1 atom stereocenters. The van der Waals surface area contributed by atoms with Crippen LogP contribution in [-0.2, 0) is 14.3 Å². The summed E-state index contributed by atoms with van der Waals surface area (Å²) in [5.41, 5.74) is 0.911. The molecule has 0 aliphatic carbocycles. The first-order valence-corrected chi connectivity index (χ1v) is 6.42. The monoisotopic (exact) mass is 248 g/mol. The van der Waals surface area contributed by atoms with Crippen molar-refractivity contribution >= 4 is 11.8 Å². The SMILES string of the molecule is CCCC(=O)OCC(C(=O)CC)c1ccccc1. The van der Waals surface area contributed by atoms with Gasteiger partial charge in [0.25, 0.3) is 0 Å². The second-order valence-corrected chi connectivity index (χ2v) is 4.22. The number of ether oxygens (including phenoxy) is 1. The van der Waals surface area contributed by atoms with E-state index in [0.29, 0.717) is 12.8 Å². The molecule has 0 saturated heterocycles. The van der Waals surface area contributed by atoms with Crippen molar-refractivity contribution in [3.8, 4) is 0 Å². The van der Waals surface area contributed by atoms with Crippen LogP contribution in [0.5, 0.6) is 0 Å². The van der Waals surface area contributed by atoms with E-state index in [4.69, 9.17) is 4.74 Å². The first kappa shape index (κ1) is 14.4. The number of carbonyl (C=O) groups excluding carboxylic acids is 2. The fraction of sp³-hybridized carbons (Fsp3) is 0.467. The fourth-order valence-electron chi connectivity index (χ4n) is 1.76. The molecule has 1 rings (SSSR count). The minimum Gasteiger partial charge on any atom is -0.465 e. The molecule has 0 bridgehead atoms. The molecule has 0 fully saturated rings. The highest BCUT2D eigenvalue weighted by Crippen LogP contribution is 2.19. The Labute approximate surface area is 108 Å². The summed E-state index contributed by atoms with van der Waals surface area (Å²) < 4.78 is 5.16. The Kier molecular flexibility index (Phi) is 6.12. The van der Waals surface area contributed by atoms with Crippen molar-refractivity contribution < 1.29 is 14.3 Å². The van der Waals surface area contributed by atoms with Crippen molar-refractivity contribution in [2.75, 3.05) is 6.61 Å². The van der Waals surface area contributed by atoms with Crippen molar-refractivity contribution in [3.05, 3.63) is 35.9 Å². The van der Waals surface area contributed by atoms with Gasteiger partial charge in [-0.25, -0.2) is 0 Å². The van der Waals surface area contributed by atoms with E-state index < -0.39 is 0 Å². The van der Waals surface area contributed by atoms with E-state index in [-0.39, 0.29) is 24.3 Å². The average Bonchev–Trinajstić information content (AvgIpc) is 2.40. The van der Waals surface area contributed by atoms with Crippen LogP contribution in [0.15, 0.2) is 30.3 Å². The lowest BCUT2D eigenvalue weighted by molar-refractivity contribution is -0.145. The van der Waals surface area contributed by atoms with Gasteiger partial charge in [-0.2, -0.15) is 0 Å². The molecule has 0 saturated carbocycles. The molecule has 0 aliphatic rings. The molecule has 0 N–H and O–H groups in total. The van der Waals surface area contributed by atoms with Gasteiger partial charge in [0.15, 0.2) is 0 Å². The maximum Gasteiger partial charge on any atom is 0.305 e. The van der Waals surface area contributed by atoms with Gasteiger partial charge < -0.3 is 4.74 Å². The van der Waals surface area contributed by atoms with E-state index in [1.165, 1.54) is 0 Å². The summed E-state index contributed by atoms with van der Waals surface area (Å²) in [6, 6.07) is 9.47. The van der Waals surface area contributed by atoms with Crippen molar-refractivity contribution in [2.24, 2.45) is 0 Å². The van der Waals surface area contributed by atoms with E-state index in [9.17, 15) is 9.59 Å². The summed E-state index contributed by atoms with van der Waals surface area (Å²) in [5, 5.41) is 0. The molecule has 18 heavy (non-hydrogen) atoms. The van der Waals surface area contributed by atoms with Gasteiger partial charge >= 0.3 is 5.97 Å². The molecule has 0 radical (unpaired) electrons. The molecule has 3 heteroatoms. The largest absolute Gasteiger partial charge is 0.465 e. The molecular formula is C15H20O3. The molecule has 3 nitrogen and oxygen atoms in total. The summed E-state index contributed by atoms with van der Waals surface area (Å²) in [4.78, 5) is 23.2. The Morgan fingerprint density at radius 2 is 1.83 bits per heavy atom. The molecule has 1 aromatic carbocycles. The average molecular weight is 248 g/mol. The number of benzene rings is 1. The van der Waals surface area contributed by atoms with Crippen LogP contribution in [0, 0.1) is 0 Å². The lowest BCUT2D eigenvalue weighted by Crippen LogP contribution is -2.20. The topological polar surface area (TPSA) is 43.4 Å². The minimum atomic E-state index is -0.336. The van der Waals surface area contributed by atoms with Crippen LogP contribution in [0.1, 0.15) is 44.6 Å². The summed E-state index contributed by atoms with van der Waals surface area (Å²) >= 11 is 0. The molecule has 98 valence electrons. The summed E-state index contributed by atoms with van der Waals surface area (Å²) in [5.74, 6) is -0.468. The maximum absolute atomic E-state index is 11.9. The van der Waals surface area contributed by atoms with Crippen LogP contribution in [0.25, 0.3) is 0 Å². The van der Waals surface area contributed by atoms with Crippen LogP contribution in [0.2, 0.25) is 0 Å². The zero-order chi connectivity index (χ0) is 13.4. The van der Waals surface area contributed by atoms with Gasteiger partial charge in [-0.15, -0.1) is 0 Å². The second kappa shape index (κ2) is 7.64. The first-order chi connectivity index (χ1) is 8.69. The van der Waals surface area contributed by atoms with E-state index in [1.807, 2.05) is 44.2 Å². The van der Waals surface area contributed by atoms with E-state index in [2.05, 4.69) is 0 Å². The van der Waals surface area contributed by atoms with Crippen molar-refractivity contribution in [2.45, 2.75) is 39.0 Å². The van der Waals surface area contributed by atoms with Crippen LogP contribution >= 0.6 is 0 Å². The number of hydrogen-bond donors (Lipinski definition) is 0. The van der Waals surface area contributed by atoms with Gasteiger partial charge in [-0.05, 0) is 12.0 Å². The summed E-state index contributed by atoms with van der Waals surface area (Å²) in [6.45, 7) is 3.90. The van der Waals surface area contributed by atoms with Crippen molar-refractivity contribution in [1.82, 2.24) is 0 Å². The molecule has 1 unspecified atom stereocenters. The predicted octanol–water partition coefficient (Wildman–Crippen LogP) is 3.09. The molecule has 1 aromatic rings. The van der Waals surface area contributed by atoms with E-state index in [1.54, 1.807) is 0 Å². The Balaban J connectivity index is 2.69. The third-order valence-corrected chi connectivity index (χ3v) is 2.80. The Morgan fingerprint density at radius 1 is 1.17 bits per heavy atom. The summed E-state index contributed by atoms with van der Waals surface area (Å²) in [6.07, 6.45) is 1.61. The summed E-state index contributed by atoms with van der Waals surface area (Å²) in [7, 11) is 0. The standard InChI is InChI=1S/C15H20O3/c1-3-8-15(17)18-11-13(14(16)4-2)12-9-6-5-7-10-12/h5-7,9-10,13H,3-4,8,11H2,1-2H3. The zero-order valence-corrected chi connectivity index (χ0v) is 11.0. The molecule has 0 aliphatic heterocycles. The molecule has 0 amide bonds.